The molecule has 0 aromatic heterocycles. The maximum Gasteiger partial charge on any atom is 0.321 e. The van der Waals surface area contributed by atoms with Crippen LogP contribution in [-0.2, 0) is 16.3 Å². The Bertz CT molecular complexity index is 469. The Hall–Kier alpha value is 0.530. The van der Waals surface area contributed by atoms with Crippen LogP contribution in [0.1, 0.15) is 200 Å². The van der Waals surface area contributed by atoms with Crippen LogP contribution in [0.3, 0.4) is 0 Å². The largest absolute Gasteiger partial charge is 0.325 e. The highest BCUT2D eigenvalue weighted by molar-refractivity contribution is 8.06. The van der Waals surface area contributed by atoms with Gasteiger partial charge in [0.25, 0.3) is 0 Å². The third-order valence-corrected chi connectivity index (χ3v) is 8.59. The van der Waals surface area contributed by atoms with Crippen LogP contribution in [0.15, 0.2) is 0 Å². The van der Waals surface area contributed by atoms with Gasteiger partial charge in [0.1, 0.15) is 0 Å². The van der Waals surface area contributed by atoms with E-state index in [0.29, 0.717) is 6.61 Å². The van der Waals surface area contributed by atoms with E-state index in [1.54, 1.807) is 0 Å². The third kappa shape index (κ3) is 36.5. The molecule has 0 amide bonds. The van der Waals surface area contributed by atoms with Gasteiger partial charge in [-0.2, -0.15) is 0 Å². The fourth-order valence-electron chi connectivity index (χ4n) is 5.31. The molecular formula is C32H67O3PS. The molecule has 0 aliphatic rings. The molecular weight excluding hydrogens is 495 g/mol. The fourth-order valence-corrected chi connectivity index (χ4v) is 5.90. The van der Waals surface area contributed by atoms with Gasteiger partial charge in [0.15, 0.2) is 0 Å². The summed E-state index contributed by atoms with van der Waals surface area (Å²) in [4.78, 5) is 18.0. The molecule has 0 bridgehead atoms. The molecule has 2 N–H and O–H groups in total. The van der Waals surface area contributed by atoms with E-state index >= 15 is 0 Å². The average molecular weight is 563 g/mol. The Morgan fingerprint density at radius 2 is 0.568 bits per heavy atom. The monoisotopic (exact) mass is 562 g/mol. The minimum absolute atomic E-state index is 0.379. The van der Waals surface area contributed by atoms with Gasteiger partial charge < -0.3 is 14.3 Å². The van der Waals surface area contributed by atoms with Gasteiger partial charge in [0.2, 0.25) is 0 Å². The van der Waals surface area contributed by atoms with Crippen molar-refractivity contribution < 1.29 is 14.3 Å². The first-order valence-electron chi connectivity index (χ1n) is 16.8. The van der Waals surface area contributed by atoms with Gasteiger partial charge in [0, 0.05) is 0 Å². The van der Waals surface area contributed by atoms with Crippen molar-refractivity contribution in [3.05, 3.63) is 0 Å². The summed E-state index contributed by atoms with van der Waals surface area (Å²) in [5.74, 6) is 0. The average Bonchev–Trinajstić information content (AvgIpc) is 2.86. The minimum Gasteiger partial charge on any atom is -0.325 e. The second kappa shape index (κ2) is 31.1. The molecule has 0 spiro atoms. The zero-order valence-corrected chi connectivity index (χ0v) is 26.8. The van der Waals surface area contributed by atoms with E-state index in [2.05, 4.69) is 18.7 Å². The Kier molecular flexibility index (Phi) is 31.5. The summed E-state index contributed by atoms with van der Waals surface area (Å²) < 4.78 is 4.83. The van der Waals surface area contributed by atoms with Crippen LogP contribution in [0, 0.1) is 0 Å². The van der Waals surface area contributed by atoms with E-state index in [1.807, 2.05) is 0 Å². The van der Waals surface area contributed by atoms with E-state index in [1.165, 1.54) is 180 Å². The van der Waals surface area contributed by atoms with Crippen molar-refractivity contribution >= 4 is 18.5 Å². The molecule has 37 heavy (non-hydrogen) atoms. The van der Waals surface area contributed by atoms with Crippen LogP contribution in [0.5, 0.6) is 0 Å². The number of hydrogen-bond acceptors (Lipinski definition) is 2. The fraction of sp³-hybridized carbons (Fsp3) is 1.00. The molecule has 0 atom stereocenters. The zero-order valence-electron chi connectivity index (χ0n) is 25.1. The van der Waals surface area contributed by atoms with E-state index < -0.39 is 6.72 Å². The third-order valence-electron chi connectivity index (χ3n) is 7.76. The van der Waals surface area contributed by atoms with E-state index in [4.69, 9.17) is 14.3 Å². The Labute approximate surface area is 238 Å². The number of rotatable bonds is 32. The summed E-state index contributed by atoms with van der Waals surface area (Å²) in [6, 6.07) is 0. The second-order valence-electron chi connectivity index (χ2n) is 11.6. The molecule has 3 nitrogen and oxygen atoms in total. The SMILES string of the molecule is CCCCCCCCCCCCCCCCCCCCCCCCCCCCCCCCOP(O)(O)=S. The van der Waals surface area contributed by atoms with Crippen molar-refractivity contribution in [1.82, 2.24) is 0 Å². The lowest BCUT2D eigenvalue weighted by Gasteiger charge is -2.07. The summed E-state index contributed by atoms with van der Waals surface area (Å²) in [7, 11) is 0. The predicted octanol–water partition coefficient (Wildman–Crippen LogP) is 11.9. The van der Waals surface area contributed by atoms with Gasteiger partial charge in [-0.3, -0.25) is 0 Å². The molecule has 0 heterocycles. The second-order valence-corrected chi connectivity index (χ2v) is 14.2. The smallest absolute Gasteiger partial charge is 0.321 e. The van der Waals surface area contributed by atoms with Gasteiger partial charge in [-0.25, -0.2) is 0 Å². The summed E-state index contributed by atoms with van der Waals surface area (Å²) in [5.41, 5.74) is 0. The summed E-state index contributed by atoms with van der Waals surface area (Å²) in [5, 5.41) is 0. The topological polar surface area (TPSA) is 49.7 Å². The molecule has 0 aliphatic carbocycles. The van der Waals surface area contributed by atoms with Crippen LogP contribution in [0.4, 0.5) is 0 Å². The molecule has 0 unspecified atom stereocenters. The first-order valence-corrected chi connectivity index (χ1v) is 19.4. The predicted molar refractivity (Wildman–Crippen MR) is 169 cm³/mol. The van der Waals surface area contributed by atoms with Crippen molar-refractivity contribution in [2.24, 2.45) is 0 Å². The molecule has 5 heteroatoms. The molecule has 0 fully saturated rings. The summed E-state index contributed by atoms with van der Waals surface area (Å²) >= 11 is 4.44. The maximum atomic E-state index is 8.99. The molecule has 0 radical (unpaired) electrons. The lowest BCUT2D eigenvalue weighted by molar-refractivity contribution is 0.245. The van der Waals surface area contributed by atoms with E-state index in [9.17, 15) is 0 Å². The van der Waals surface area contributed by atoms with Crippen LogP contribution in [0.2, 0.25) is 0 Å². The van der Waals surface area contributed by atoms with E-state index in [-0.39, 0.29) is 0 Å². The van der Waals surface area contributed by atoms with Crippen LogP contribution < -0.4 is 0 Å². The quantitative estimate of drug-likeness (QED) is 0.0632. The van der Waals surface area contributed by atoms with Crippen molar-refractivity contribution in [3.63, 3.8) is 0 Å². The minimum atomic E-state index is -3.44. The van der Waals surface area contributed by atoms with Gasteiger partial charge in [0.05, 0.1) is 6.61 Å². The van der Waals surface area contributed by atoms with E-state index in [0.717, 1.165) is 12.8 Å². The van der Waals surface area contributed by atoms with Crippen molar-refractivity contribution in [1.29, 1.82) is 0 Å². The zero-order chi connectivity index (χ0) is 27.1. The molecule has 0 saturated heterocycles. The first kappa shape index (κ1) is 37.5. The van der Waals surface area contributed by atoms with Gasteiger partial charge in [-0.1, -0.05) is 193 Å². The van der Waals surface area contributed by atoms with Gasteiger partial charge in [-0.15, -0.1) is 0 Å². The maximum absolute atomic E-state index is 8.99. The summed E-state index contributed by atoms with van der Waals surface area (Å²) in [6.07, 6.45) is 42.0. The van der Waals surface area contributed by atoms with Gasteiger partial charge >= 0.3 is 6.72 Å². The molecule has 0 rings (SSSR count). The highest BCUT2D eigenvalue weighted by Crippen LogP contribution is 2.36. The van der Waals surface area contributed by atoms with Crippen molar-refractivity contribution in [2.75, 3.05) is 6.61 Å². The van der Waals surface area contributed by atoms with Crippen molar-refractivity contribution in [3.8, 4) is 0 Å². The normalized spacial score (nSPS) is 12.0. The van der Waals surface area contributed by atoms with Crippen LogP contribution in [0.25, 0.3) is 0 Å². The summed E-state index contributed by atoms with van der Waals surface area (Å²) in [6.45, 7) is -0.758. The lowest BCUT2D eigenvalue weighted by Crippen LogP contribution is -1.92. The Morgan fingerprint density at radius 1 is 0.378 bits per heavy atom. The molecule has 0 aromatic rings. The Balaban J connectivity index is 3.04. The van der Waals surface area contributed by atoms with Crippen LogP contribution >= 0.6 is 6.72 Å². The van der Waals surface area contributed by atoms with Crippen LogP contribution in [-0.4, -0.2) is 16.4 Å². The van der Waals surface area contributed by atoms with Gasteiger partial charge in [-0.05, 0) is 18.2 Å². The highest BCUT2D eigenvalue weighted by atomic mass is 32.5. The molecule has 224 valence electrons. The highest BCUT2D eigenvalue weighted by Gasteiger charge is 2.06. The Morgan fingerprint density at radius 3 is 0.757 bits per heavy atom. The van der Waals surface area contributed by atoms with Crippen molar-refractivity contribution in [2.45, 2.75) is 200 Å². The molecule has 0 saturated carbocycles. The molecule has 0 aliphatic heterocycles. The first-order chi connectivity index (χ1) is 18.1. The molecule has 0 aromatic carbocycles. The number of hydrogen-bond donors (Lipinski definition) is 2. The lowest BCUT2D eigenvalue weighted by atomic mass is 10.0. The standard InChI is InChI=1S/C32H67O3PS/c1-2-3-4-5-6-7-8-9-10-11-12-13-14-15-16-17-18-19-20-21-22-23-24-25-26-27-28-29-30-31-32-35-36(33,34)37/h2-32H2,1H3,(H2,33,34,37). The number of unbranched alkanes of at least 4 members (excludes halogenated alkanes) is 29.